The van der Waals surface area contributed by atoms with Crippen LogP contribution in [-0.2, 0) is 5.41 Å². The minimum Gasteiger partial charge on any atom is -0.346 e. The van der Waals surface area contributed by atoms with Gasteiger partial charge in [-0.25, -0.2) is 15.0 Å². The molecule has 0 unspecified atom stereocenters. The largest absolute Gasteiger partial charge is 0.346 e. The third-order valence-corrected chi connectivity index (χ3v) is 6.00. The number of aromatic amines is 2. The highest BCUT2D eigenvalue weighted by Gasteiger charge is 2.46. The lowest BCUT2D eigenvalue weighted by atomic mass is 9.74. The lowest BCUT2D eigenvalue weighted by molar-refractivity contribution is 0.331. The zero-order valence-corrected chi connectivity index (χ0v) is 14.3. The highest BCUT2D eigenvalue weighted by molar-refractivity contribution is 5.95. The first-order valence-electron chi connectivity index (χ1n) is 9.09. The average molecular weight is 345 g/mol. The van der Waals surface area contributed by atoms with Crippen molar-refractivity contribution in [3.8, 4) is 0 Å². The van der Waals surface area contributed by atoms with E-state index in [2.05, 4.69) is 53.3 Å². The van der Waals surface area contributed by atoms with Crippen molar-refractivity contribution in [1.82, 2.24) is 30.2 Å². The summed E-state index contributed by atoms with van der Waals surface area (Å²) in [4.78, 5) is 22.5. The number of nitrogens with zero attached hydrogens (tertiary/aromatic N) is 4. The molecule has 0 aliphatic carbocycles. The average Bonchev–Trinajstić information content (AvgIpc) is 3.39. The van der Waals surface area contributed by atoms with Gasteiger partial charge in [0.2, 0.25) is 0 Å². The van der Waals surface area contributed by atoms with Crippen LogP contribution < -0.4 is 10.2 Å². The van der Waals surface area contributed by atoms with E-state index in [1.54, 1.807) is 12.7 Å². The Labute approximate surface area is 149 Å². The molecule has 3 aromatic heterocycles. The smallest absolute Gasteiger partial charge is 0.145 e. The number of fused-ring (bicyclic) bond motifs is 5. The van der Waals surface area contributed by atoms with Gasteiger partial charge in [-0.15, -0.1) is 0 Å². The molecule has 130 valence electrons. The molecular weight excluding hydrogens is 326 g/mol. The molecule has 1 aromatic carbocycles. The van der Waals surface area contributed by atoms with E-state index in [1.807, 2.05) is 6.20 Å². The molecule has 26 heavy (non-hydrogen) atoms. The fourth-order valence-electron chi connectivity index (χ4n) is 4.79. The monoisotopic (exact) mass is 345 g/mol. The van der Waals surface area contributed by atoms with Gasteiger partial charge >= 0.3 is 0 Å². The molecule has 5 heterocycles. The van der Waals surface area contributed by atoms with E-state index < -0.39 is 0 Å². The van der Waals surface area contributed by atoms with Gasteiger partial charge in [-0.1, -0.05) is 0 Å². The van der Waals surface area contributed by atoms with Gasteiger partial charge in [0.15, 0.2) is 0 Å². The summed E-state index contributed by atoms with van der Waals surface area (Å²) < 4.78 is 0. The van der Waals surface area contributed by atoms with Crippen LogP contribution in [0.25, 0.3) is 22.1 Å². The first kappa shape index (κ1) is 14.3. The molecular formula is C19H19N7. The summed E-state index contributed by atoms with van der Waals surface area (Å²) in [6.45, 7) is 3.02. The van der Waals surface area contributed by atoms with Crippen LogP contribution in [0.1, 0.15) is 18.4 Å². The first-order valence-corrected chi connectivity index (χ1v) is 9.09. The van der Waals surface area contributed by atoms with Crippen molar-refractivity contribution in [2.45, 2.75) is 18.3 Å². The molecule has 1 fully saturated rings. The van der Waals surface area contributed by atoms with Crippen molar-refractivity contribution in [1.29, 1.82) is 0 Å². The van der Waals surface area contributed by atoms with Crippen molar-refractivity contribution >= 4 is 33.6 Å². The summed E-state index contributed by atoms with van der Waals surface area (Å²) in [7, 11) is 0. The third-order valence-electron chi connectivity index (χ3n) is 6.00. The van der Waals surface area contributed by atoms with Gasteiger partial charge in [-0.3, -0.25) is 0 Å². The van der Waals surface area contributed by atoms with Crippen LogP contribution in [0, 0.1) is 0 Å². The van der Waals surface area contributed by atoms with Crippen molar-refractivity contribution < 1.29 is 0 Å². The van der Waals surface area contributed by atoms with Gasteiger partial charge in [-0.2, -0.15) is 0 Å². The van der Waals surface area contributed by atoms with Crippen LogP contribution in [0.15, 0.2) is 37.1 Å². The molecule has 0 saturated carbocycles. The number of aromatic nitrogens is 5. The Balaban J connectivity index is 1.63. The van der Waals surface area contributed by atoms with Crippen LogP contribution in [0.5, 0.6) is 0 Å². The summed E-state index contributed by atoms with van der Waals surface area (Å²) in [6, 6.07) is 6.40. The molecule has 2 aliphatic rings. The highest BCUT2D eigenvalue weighted by atomic mass is 15.2. The van der Waals surface area contributed by atoms with Gasteiger partial charge in [0.05, 0.1) is 22.7 Å². The van der Waals surface area contributed by atoms with E-state index in [9.17, 15) is 0 Å². The van der Waals surface area contributed by atoms with Crippen LogP contribution in [0.4, 0.5) is 11.5 Å². The number of nitrogens with one attached hydrogen (secondary N) is 3. The molecule has 0 atom stereocenters. The van der Waals surface area contributed by atoms with E-state index >= 15 is 0 Å². The Morgan fingerprint density at radius 2 is 1.92 bits per heavy atom. The van der Waals surface area contributed by atoms with Crippen molar-refractivity contribution in [3.63, 3.8) is 0 Å². The molecule has 7 nitrogen and oxygen atoms in total. The minimum absolute atomic E-state index is 0.114. The second kappa shape index (κ2) is 5.04. The quantitative estimate of drug-likeness (QED) is 0.494. The molecule has 3 N–H and O–H groups in total. The Bertz CT molecular complexity index is 1120. The molecule has 0 radical (unpaired) electrons. The predicted octanol–water partition coefficient (Wildman–Crippen LogP) is 2.61. The number of H-pyrrole nitrogens is 2. The zero-order valence-electron chi connectivity index (χ0n) is 14.3. The normalized spacial score (nSPS) is 18.8. The molecule has 7 heteroatoms. The maximum absolute atomic E-state index is 4.68. The van der Waals surface area contributed by atoms with E-state index in [0.717, 1.165) is 60.4 Å². The first-order chi connectivity index (χ1) is 12.9. The number of piperidine rings is 1. The molecule has 2 aliphatic heterocycles. The summed E-state index contributed by atoms with van der Waals surface area (Å²) >= 11 is 0. The number of imidazole rings is 1. The van der Waals surface area contributed by atoms with Crippen molar-refractivity contribution in [2.24, 2.45) is 0 Å². The fourth-order valence-corrected chi connectivity index (χ4v) is 4.79. The molecule has 0 amide bonds. The SMILES string of the molecule is c1nc(N2CC3(CCNCC3)c3c2ccc2[nH]cnc32)c2cc[nH]c2n1. The Hall–Kier alpha value is -2.93. The third kappa shape index (κ3) is 1.78. The zero-order chi connectivity index (χ0) is 17.1. The fraction of sp³-hybridized carbons (Fsp3) is 0.316. The molecule has 1 spiro atoms. The van der Waals surface area contributed by atoms with E-state index in [0.29, 0.717) is 0 Å². The Morgan fingerprint density at radius 1 is 1.00 bits per heavy atom. The molecule has 4 aromatic rings. The number of hydrogen-bond donors (Lipinski definition) is 3. The maximum atomic E-state index is 4.68. The van der Waals surface area contributed by atoms with Crippen molar-refractivity contribution in [3.05, 3.63) is 42.6 Å². The summed E-state index contributed by atoms with van der Waals surface area (Å²) in [6.07, 6.45) is 7.61. The number of rotatable bonds is 1. The second-order valence-corrected chi connectivity index (χ2v) is 7.31. The number of benzene rings is 1. The van der Waals surface area contributed by atoms with Gasteiger partial charge < -0.3 is 20.2 Å². The van der Waals surface area contributed by atoms with E-state index in [1.165, 1.54) is 11.3 Å². The van der Waals surface area contributed by atoms with Crippen LogP contribution in [0.3, 0.4) is 0 Å². The van der Waals surface area contributed by atoms with Crippen LogP contribution >= 0.6 is 0 Å². The highest BCUT2D eigenvalue weighted by Crippen LogP contribution is 2.51. The lowest BCUT2D eigenvalue weighted by Gasteiger charge is -2.34. The standard InChI is InChI=1S/C19H19N7/c1-2-14-15(16-13(1)22-10-23-16)19(4-7-20-8-5-19)9-26(14)18-12-3-6-21-17(12)24-11-25-18/h1-3,6,10-11,20H,4-5,7-9H2,(H,22,23)(H,21,24,25). The number of anilines is 2. The molecule has 6 rings (SSSR count). The minimum atomic E-state index is 0.114. The lowest BCUT2D eigenvalue weighted by Crippen LogP contribution is -2.42. The van der Waals surface area contributed by atoms with Gasteiger partial charge in [-0.05, 0) is 44.1 Å². The Morgan fingerprint density at radius 3 is 2.85 bits per heavy atom. The summed E-state index contributed by atoms with van der Waals surface area (Å²) in [5.74, 6) is 0.975. The van der Waals surface area contributed by atoms with E-state index in [-0.39, 0.29) is 5.41 Å². The van der Waals surface area contributed by atoms with Gasteiger partial charge in [0.1, 0.15) is 17.8 Å². The number of hydrogen-bond acceptors (Lipinski definition) is 5. The Kier molecular flexibility index (Phi) is 2.77. The molecule has 0 bridgehead atoms. The predicted molar refractivity (Wildman–Crippen MR) is 101 cm³/mol. The van der Waals surface area contributed by atoms with Crippen molar-refractivity contribution in [2.75, 3.05) is 24.5 Å². The van der Waals surface area contributed by atoms with Crippen LogP contribution in [-0.4, -0.2) is 44.6 Å². The molecule has 1 saturated heterocycles. The maximum Gasteiger partial charge on any atom is 0.145 e. The van der Waals surface area contributed by atoms with Gasteiger partial charge in [0, 0.05) is 29.4 Å². The van der Waals surface area contributed by atoms with Crippen LogP contribution in [0.2, 0.25) is 0 Å². The summed E-state index contributed by atoms with van der Waals surface area (Å²) in [5.41, 5.74) is 5.81. The van der Waals surface area contributed by atoms with Gasteiger partial charge in [0.25, 0.3) is 0 Å². The topological polar surface area (TPSA) is 85.5 Å². The van der Waals surface area contributed by atoms with E-state index in [4.69, 9.17) is 0 Å². The summed E-state index contributed by atoms with van der Waals surface area (Å²) in [5, 5.41) is 4.57. The second-order valence-electron chi connectivity index (χ2n) is 7.31.